The van der Waals surface area contributed by atoms with Gasteiger partial charge >= 0.3 is 11.9 Å². The molecule has 0 aromatic heterocycles. The van der Waals surface area contributed by atoms with Crippen molar-refractivity contribution in [2.45, 2.75) is 40.5 Å². The normalized spacial score (nSPS) is 12.9. The second-order valence-electron chi connectivity index (χ2n) is 6.51. The van der Waals surface area contributed by atoms with E-state index in [-0.39, 0.29) is 23.8 Å². The number of carbonyl (C=O) groups excluding carboxylic acids is 2. The van der Waals surface area contributed by atoms with Gasteiger partial charge < -0.3 is 9.47 Å². The molecule has 0 spiro atoms. The summed E-state index contributed by atoms with van der Waals surface area (Å²) in [6.07, 6.45) is 1.51. The van der Waals surface area contributed by atoms with Gasteiger partial charge in [-0.1, -0.05) is 52.0 Å². The van der Waals surface area contributed by atoms with Gasteiger partial charge in [-0.15, -0.1) is 0 Å². The molecule has 0 saturated carbocycles. The molecule has 0 aliphatic heterocycles. The number of benzene rings is 2. The second-order valence-corrected chi connectivity index (χ2v) is 6.51. The molecule has 0 amide bonds. The summed E-state index contributed by atoms with van der Waals surface area (Å²) in [5.41, 5.74) is 1.99. The molecule has 0 aliphatic carbocycles. The fraction of sp³-hybridized carbons (Fsp3) is 0.364. The van der Waals surface area contributed by atoms with Crippen LogP contribution in [0.1, 0.15) is 40.5 Å². The molecule has 4 nitrogen and oxygen atoms in total. The number of carbonyl (C=O) groups is 2. The van der Waals surface area contributed by atoms with Gasteiger partial charge in [-0.3, -0.25) is 9.59 Å². The van der Waals surface area contributed by atoms with Gasteiger partial charge in [-0.25, -0.2) is 0 Å². The summed E-state index contributed by atoms with van der Waals surface area (Å²) in [7, 11) is 0. The van der Waals surface area contributed by atoms with Crippen LogP contribution in [0.25, 0.3) is 11.1 Å². The first-order valence-electron chi connectivity index (χ1n) is 9.08. The van der Waals surface area contributed by atoms with Crippen LogP contribution >= 0.6 is 0 Å². The molecule has 4 heteroatoms. The Labute approximate surface area is 155 Å². The topological polar surface area (TPSA) is 52.6 Å². The first kappa shape index (κ1) is 19.7. The van der Waals surface area contributed by atoms with E-state index < -0.39 is 0 Å². The summed E-state index contributed by atoms with van der Waals surface area (Å²) in [4.78, 5) is 23.7. The molecular formula is C22H26O4. The molecule has 2 aromatic rings. The van der Waals surface area contributed by atoms with Crippen molar-refractivity contribution < 1.29 is 19.1 Å². The summed E-state index contributed by atoms with van der Waals surface area (Å²) < 4.78 is 10.7. The molecule has 138 valence electrons. The standard InChI is InChI=1S/C22H26O4/c1-5-15(3)21(23)25-19-11-7-17(8-12-19)18-9-13-20(14-10-18)26-22(24)16(4)6-2/h7-16H,5-6H2,1-4H3. The fourth-order valence-electron chi connectivity index (χ4n) is 2.20. The summed E-state index contributed by atoms with van der Waals surface area (Å²) >= 11 is 0. The third-order valence-corrected chi connectivity index (χ3v) is 4.51. The van der Waals surface area contributed by atoms with Crippen molar-refractivity contribution in [2.75, 3.05) is 0 Å². The average Bonchev–Trinajstić information content (AvgIpc) is 2.67. The quantitative estimate of drug-likeness (QED) is 0.503. The van der Waals surface area contributed by atoms with E-state index in [1.165, 1.54) is 0 Å². The Bertz CT molecular complexity index is 666. The zero-order chi connectivity index (χ0) is 19.1. The molecule has 2 aromatic carbocycles. The number of rotatable bonds is 7. The van der Waals surface area contributed by atoms with Gasteiger partial charge in [0.25, 0.3) is 0 Å². The second kappa shape index (κ2) is 9.18. The van der Waals surface area contributed by atoms with Crippen molar-refractivity contribution in [2.24, 2.45) is 11.8 Å². The Morgan fingerprint density at radius 2 is 1.00 bits per heavy atom. The lowest BCUT2D eigenvalue weighted by atomic mass is 10.1. The summed E-state index contributed by atoms with van der Waals surface area (Å²) in [6.45, 7) is 7.62. The minimum atomic E-state index is -0.215. The number of hydrogen-bond acceptors (Lipinski definition) is 4. The summed E-state index contributed by atoms with van der Waals surface area (Å²) in [5, 5.41) is 0. The Morgan fingerprint density at radius 3 is 1.27 bits per heavy atom. The molecule has 2 atom stereocenters. The lowest BCUT2D eigenvalue weighted by molar-refractivity contribution is -0.139. The minimum absolute atomic E-state index is 0.111. The maximum Gasteiger partial charge on any atom is 0.314 e. The zero-order valence-corrected chi connectivity index (χ0v) is 15.8. The first-order valence-corrected chi connectivity index (χ1v) is 9.08. The van der Waals surface area contributed by atoms with Crippen LogP contribution in [0.5, 0.6) is 11.5 Å². The van der Waals surface area contributed by atoms with Crippen molar-refractivity contribution in [3.8, 4) is 22.6 Å². The fourth-order valence-corrected chi connectivity index (χ4v) is 2.20. The van der Waals surface area contributed by atoms with E-state index in [9.17, 15) is 9.59 Å². The Balaban J connectivity index is 2.03. The summed E-state index contributed by atoms with van der Waals surface area (Å²) in [5.74, 6) is 0.428. The molecule has 0 N–H and O–H groups in total. The Kier molecular flexibility index (Phi) is 6.96. The van der Waals surface area contributed by atoms with Crippen LogP contribution in [-0.2, 0) is 9.59 Å². The van der Waals surface area contributed by atoms with Crippen molar-refractivity contribution in [1.82, 2.24) is 0 Å². The predicted octanol–water partition coefficient (Wildman–Crippen LogP) is 5.26. The van der Waals surface area contributed by atoms with Crippen molar-refractivity contribution in [1.29, 1.82) is 0 Å². The molecule has 2 rings (SSSR count). The lowest BCUT2D eigenvalue weighted by Gasteiger charge is -2.10. The van der Waals surface area contributed by atoms with E-state index in [1.807, 2.05) is 52.0 Å². The highest BCUT2D eigenvalue weighted by Gasteiger charge is 2.14. The SMILES string of the molecule is CCC(C)C(=O)Oc1ccc(-c2ccc(OC(=O)C(C)CC)cc2)cc1. The van der Waals surface area contributed by atoms with E-state index in [0.29, 0.717) is 11.5 Å². The van der Waals surface area contributed by atoms with E-state index in [2.05, 4.69) is 0 Å². The van der Waals surface area contributed by atoms with Gasteiger partial charge in [0.2, 0.25) is 0 Å². The highest BCUT2D eigenvalue weighted by molar-refractivity contribution is 5.76. The minimum Gasteiger partial charge on any atom is -0.426 e. The molecule has 0 bridgehead atoms. The molecule has 0 heterocycles. The van der Waals surface area contributed by atoms with E-state index in [1.54, 1.807) is 24.3 Å². The predicted molar refractivity (Wildman–Crippen MR) is 102 cm³/mol. The van der Waals surface area contributed by atoms with Crippen molar-refractivity contribution in [3.05, 3.63) is 48.5 Å². The maximum absolute atomic E-state index is 11.8. The van der Waals surface area contributed by atoms with Gasteiger partial charge in [-0.05, 0) is 48.2 Å². The number of esters is 2. The van der Waals surface area contributed by atoms with Crippen LogP contribution in [-0.4, -0.2) is 11.9 Å². The van der Waals surface area contributed by atoms with Gasteiger partial charge in [-0.2, -0.15) is 0 Å². The Hall–Kier alpha value is -2.62. The van der Waals surface area contributed by atoms with Gasteiger partial charge in [0.15, 0.2) is 0 Å². The molecule has 2 unspecified atom stereocenters. The van der Waals surface area contributed by atoms with Crippen molar-refractivity contribution in [3.63, 3.8) is 0 Å². The van der Waals surface area contributed by atoms with Gasteiger partial charge in [0.05, 0.1) is 11.8 Å². The average molecular weight is 354 g/mol. The number of ether oxygens (including phenoxy) is 2. The number of hydrogen-bond donors (Lipinski definition) is 0. The zero-order valence-electron chi connectivity index (χ0n) is 15.8. The Morgan fingerprint density at radius 1 is 0.692 bits per heavy atom. The van der Waals surface area contributed by atoms with E-state index >= 15 is 0 Å². The molecular weight excluding hydrogens is 328 g/mol. The van der Waals surface area contributed by atoms with Crippen LogP contribution < -0.4 is 9.47 Å². The maximum atomic E-state index is 11.8. The van der Waals surface area contributed by atoms with Crippen LogP contribution in [0.4, 0.5) is 0 Å². The van der Waals surface area contributed by atoms with E-state index in [0.717, 1.165) is 24.0 Å². The lowest BCUT2D eigenvalue weighted by Crippen LogP contribution is -2.16. The van der Waals surface area contributed by atoms with Crippen LogP contribution in [0.15, 0.2) is 48.5 Å². The first-order chi connectivity index (χ1) is 12.4. The highest BCUT2D eigenvalue weighted by atomic mass is 16.5. The van der Waals surface area contributed by atoms with Gasteiger partial charge in [0, 0.05) is 0 Å². The molecule has 0 saturated heterocycles. The van der Waals surface area contributed by atoms with Crippen LogP contribution in [0.2, 0.25) is 0 Å². The highest BCUT2D eigenvalue weighted by Crippen LogP contribution is 2.25. The summed E-state index contributed by atoms with van der Waals surface area (Å²) in [6, 6.07) is 14.7. The third kappa shape index (κ3) is 5.19. The largest absolute Gasteiger partial charge is 0.426 e. The van der Waals surface area contributed by atoms with Crippen LogP contribution in [0, 0.1) is 11.8 Å². The van der Waals surface area contributed by atoms with Crippen LogP contribution in [0.3, 0.4) is 0 Å². The third-order valence-electron chi connectivity index (χ3n) is 4.51. The van der Waals surface area contributed by atoms with E-state index in [4.69, 9.17) is 9.47 Å². The molecule has 0 fully saturated rings. The molecule has 0 aliphatic rings. The molecule has 0 radical (unpaired) electrons. The van der Waals surface area contributed by atoms with Crippen molar-refractivity contribution >= 4 is 11.9 Å². The van der Waals surface area contributed by atoms with Gasteiger partial charge in [0.1, 0.15) is 11.5 Å². The smallest absolute Gasteiger partial charge is 0.314 e. The monoisotopic (exact) mass is 354 g/mol. The molecule has 26 heavy (non-hydrogen) atoms.